The van der Waals surface area contributed by atoms with Crippen molar-refractivity contribution in [2.75, 3.05) is 13.6 Å². The standard InChI is InChI=1S/C22H28N2/c1-5-9-18(17(3)6-2)12-15-24-21-11-8-7-10-19(21)20-16-23(4)14-13-22(20)24/h5-11H,2,12-16H2,1,3-4H3/b9-5-,18-17+. The number of benzene rings is 1. The van der Waals surface area contributed by atoms with Gasteiger partial charge in [0.15, 0.2) is 0 Å². The van der Waals surface area contributed by atoms with Gasteiger partial charge in [-0.15, -0.1) is 0 Å². The maximum Gasteiger partial charge on any atom is 0.0486 e. The van der Waals surface area contributed by atoms with E-state index in [1.807, 2.05) is 6.08 Å². The summed E-state index contributed by atoms with van der Waals surface area (Å²) >= 11 is 0. The number of fused-ring (bicyclic) bond motifs is 3. The number of aryl methyl sites for hydroxylation is 1. The van der Waals surface area contributed by atoms with Crippen LogP contribution in [0.4, 0.5) is 0 Å². The third-order valence-electron chi connectivity index (χ3n) is 5.14. The molecule has 0 N–H and O–H groups in total. The molecule has 1 aliphatic heterocycles. The quantitative estimate of drug-likeness (QED) is 0.696. The van der Waals surface area contributed by atoms with E-state index < -0.39 is 0 Å². The zero-order chi connectivity index (χ0) is 17.1. The largest absolute Gasteiger partial charge is 0.344 e. The SMILES string of the molecule is C=C/C(C)=C(\C=C/C)CCn1c2c(c3ccccc31)CN(C)CC2. The lowest BCUT2D eigenvalue weighted by molar-refractivity contribution is 0.309. The molecular formula is C22H28N2. The normalized spacial score (nSPS) is 16.5. The Labute approximate surface area is 145 Å². The van der Waals surface area contributed by atoms with Gasteiger partial charge in [-0.3, -0.25) is 0 Å². The zero-order valence-electron chi connectivity index (χ0n) is 15.2. The van der Waals surface area contributed by atoms with Crippen LogP contribution < -0.4 is 0 Å². The maximum absolute atomic E-state index is 3.93. The van der Waals surface area contributed by atoms with Crippen LogP contribution >= 0.6 is 0 Å². The minimum Gasteiger partial charge on any atom is -0.344 e. The molecule has 0 radical (unpaired) electrons. The molecule has 0 amide bonds. The lowest BCUT2D eigenvalue weighted by atomic mass is 10.0. The highest BCUT2D eigenvalue weighted by atomic mass is 15.1. The first kappa shape index (κ1) is 16.8. The van der Waals surface area contributed by atoms with Gasteiger partial charge in [0.05, 0.1) is 0 Å². The van der Waals surface area contributed by atoms with E-state index in [9.17, 15) is 0 Å². The van der Waals surface area contributed by atoms with Gasteiger partial charge in [0, 0.05) is 42.7 Å². The highest BCUT2D eigenvalue weighted by molar-refractivity contribution is 5.85. The summed E-state index contributed by atoms with van der Waals surface area (Å²) in [6, 6.07) is 8.87. The van der Waals surface area contributed by atoms with Crippen LogP contribution in [0.3, 0.4) is 0 Å². The number of nitrogens with zero attached hydrogens (tertiary/aromatic N) is 2. The molecule has 1 aromatic carbocycles. The fourth-order valence-electron chi connectivity index (χ4n) is 3.77. The van der Waals surface area contributed by atoms with E-state index in [1.165, 1.54) is 33.3 Å². The van der Waals surface area contributed by atoms with Crippen molar-refractivity contribution in [2.45, 2.75) is 39.8 Å². The van der Waals surface area contributed by atoms with Gasteiger partial charge < -0.3 is 9.47 Å². The highest BCUT2D eigenvalue weighted by Gasteiger charge is 2.21. The highest BCUT2D eigenvalue weighted by Crippen LogP contribution is 2.31. The monoisotopic (exact) mass is 320 g/mol. The topological polar surface area (TPSA) is 8.17 Å². The van der Waals surface area contributed by atoms with Crippen molar-refractivity contribution in [1.29, 1.82) is 0 Å². The molecule has 0 aliphatic carbocycles. The van der Waals surface area contributed by atoms with Crippen LogP contribution in [0.2, 0.25) is 0 Å². The Morgan fingerprint density at radius 2 is 2.08 bits per heavy atom. The average molecular weight is 320 g/mol. The number of hydrogen-bond acceptors (Lipinski definition) is 1. The van der Waals surface area contributed by atoms with Gasteiger partial charge in [-0.05, 0) is 50.1 Å². The number of likely N-dealkylation sites (N-methyl/N-ethyl adjacent to an activating group) is 1. The number of para-hydroxylation sites is 1. The van der Waals surface area contributed by atoms with Crippen LogP contribution in [0.1, 0.15) is 31.5 Å². The molecule has 0 saturated heterocycles. The first-order valence-corrected chi connectivity index (χ1v) is 8.88. The Balaban J connectivity index is 1.99. The van der Waals surface area contributed by atoms with E-state index in [2.05, 4.69) is 73.4 Å². The Kier molecular flexibility index (Phi) is 5.06. The molecule has 2 aromatic rings. The van der Waals surface area contributed by atoms with Crippen LogP contribution in [0.15, 0.2) is 60.2 Å². The Bertz CT molecular complexity index is 805. The van der Waals surface area contributed by atoms with Crippen LogP contribution in [-0.4, -0.2) is 23.1 Å². The molecule has 0 fully saturated rings. The Morgan fingerprint density at radius 1 is 1.29 bits per heavy atom. The minimum atomic E-state index is 1.03. The summed E-state index contributed by atoms with van der Waals surface area (Å²) in [5, 5.41) is 1.43. The summed E-state index contributed by atoms with van der Waals surface area (Å²) in [5.41, 5.74) is 7.10. The summed E-state index contributed by atoms with van der Waals surface area (Å²) < 4.78 is 2.55. The van der Waals surface area contributed by atoms with Gasteiger partial charge in [-0.25, -0.2) is 0 Å². The fraction of sp³-hybridized carbons (Fsp3) is 0.364. The van der Waals surface area contributed by atoms with Crippen molar-refractivity contribution in [1.82, 2.24) is 9.47 Å². The molecule has 0 saturated carbocycles. The minimum absolute atomic E-state index is 1.03. The molecule has 0 bridgehead atoms. The maximum atomic E-state index is 3.93. The first-order valence-electron chi connectivity index (χ1n) is 8.88. The van der Waals surface area contributed by atoms with Gasteiger partial charge in [-0.1, -0.05) is 43.0 Å². The predicted octanol–water partition coefficient (Wildman–Crippen LogP) is 5.10. The van der Waals surface area contributed by atoms with Crippen molar-refractivity contribution >= 4 is 10.9 Å². The van der Waals surface area contributed by atoms with E-state index in [-0.39, 0.29) is 0 Å². The predicted molar refractivity (Wildman–Crippen MR) is 104 cm³/mol. The summed E-state index contributed by atoms with van der Waals surface area (Å²) in [5.74, 6) is 0. The van der Waals surface area contributed by atoms with Gasteiger partial charge in [0.1, 0.15) is 0 Å². The van der Waals surface area contributed by atoms with Gasteiger partial charge in [0.2, 0.25) is 0 Å². The Hall–Kier alpha value is -2.06. The zero-order valence-corrected chi connectivity index (χ0v) is 15.2. The van der Waals surface area contributed by atoms with E-state index in [0.29, 0.717) is 0 Å². The lowest BCUT2D eigenvalue weighted by Crippen LogP contribution is -2.27. The van der Waals surface area contributed by atoms with E-state index in [0.717, 1.165) is 32.5 Å². The molecule has 1 aliphatic rings. The molecule has 24 heavy (non-hydrogen) atoms. The van der Waals surface area contributed by atoms with Crippen molar-refractivity contribution < 1.29 is 0 Å². The lowest BCUT2D eigenvalue weighted by Gasteiger charge is -2.24. The number of aromatic nitrogens is 1. The molecule has 0 spiro atoms. The van der Waals surface area contributed by atoms with Crippen molar-refractivity contribution in [2.24, 2.45) is 0 Å². The number of rotatable bonds is 5. The second-order valence-corrected chi connectivity index (χ2v) is 6.74. The van der Waals surface area contributed by atoms with E-state index >= 15 is 0 Å². The van der Waals surface area contributed by atoms with Crippen LogP contribution in [0.5, 0.6) is 0 Å². The molecule has 2 heterocycles. The molecule has 0 atom stereocenters. The fourth-order valence-corrected chi connectivity index (χ4v) is 3.77. The van der Waals surface area contributed by atoms with Gasteiger partial charge in [-0.2, -0.15) is 0 Å². The summed E-state index contributed by atoms with van der Waals surface area (Å²) in [4.78, 5) is 2.42. The molecule has 1 aromatic heterocycles. The van der Waals surface area contributed by atoms with Crippen LogP contribution in [0, 0.1) is 0 Å². The third-order valence-corrected chi connectivity index (χ3v) is 5.14. The summed E-state index contributed by atoms with van der Waals surface area (Å²) in [6.07, 6.45) is 8.50. The summed E-state index contributed by atoms with van der Waals surface area (Å²) in [7, 11) is 2.22. The molecule has 3 rings (SSSR count). The van der Waals surface area contributed by atoms with E-state index in [1.54, 1.807) is 0 Å². The van der Waals surface area contributed by atoms with Crippen LogP contribution in [0.25, 0.3) is 10.9 Å². The smallest absolute Gasteiger partial charge is 0.0486 e. The van der Waals surface area contributed by atoms with Crippen molar-refractivity contribution in [3.63, 3.8) is 0 Å². The Morgan fingerprint density at radius 3 is 2.83 bits per heavy atom. The van der Waals surface area contributed by atoms with Crippen LogP contribution in [-0.2, 0) is 19.5 Å². The molecule has 0 unspecified atom stereocenters. The van der Waals surface area contributed by atoms with Crippen molar-refractivity contribution in [3.8, 4) is 0 Å². The average Bonchev–Trinajstić information content (AvgIpc) is 2.91. The van der Waals surface area contributed by atoms with Gasteiger partial charge in [0.25, 0.3) is 0 Å². The number of hydrogen-bond donors (Lipinski definition) is 0. The molecule has 2 heteroatoms. The first-order chi connectivity index (χ1) is 11.7. The molecular weight excluding hydrogens is 292 g/mol. The molecule has 126 valence electrons. The molecule has 2 nitrogen and oxygen atoms in total. The second-order valence-electron chi connectivity index (χ2n) is 6.74. The third kappa shape index (κ3) is 3.11. The van der Waals surface area contributed by atoms with Gasteiger partial charge >= 0.3 is 0 Å². The van der Waals surface area contributed by atoms with E-state index in [4.69, 9.17) is 0 Å². The number of allylic oxidation sites excluding steroid dienone is 5. The van der Waals surface area contributed by atoms with Crippen molar-refractivity contribution in [3.05, 3.63) is 71.5 Å². The second kappa shape index (κ2) is 7.23. The summed E-state index contributed by atoms with van der Waals surface area (Å²) in [6.45, 7) is 11.4.